The number of benzene rings is 4. The summed E-state index contributed by atoms with van der Waals surface area (Å²) in [4.78, 5) is 13.3. The molecule has 32 heavy (non-hydrogen) atoms. The number of carbonyl (C=O) groups excluding carboxylic acids is 1. The van der Waals surface area contributed by atoms with Crippen molar-refractivity contribution in [2.24, 2.45) is 0 Å². The predicted octanol–water partition coefficient (Wildman–Crippen LogP) is 7.82. The van der Waals surface area contributed by atoms with Crippen molar-refractivity contribution in [1.29, 1.82) is 0 Å². The zero-order valence-electron chi connectivity index (χ0n) is 18.0. The molecule has 0 aliphatic heterocycles. The monoisotopic (exact) mass is 414 g/mol. The first kappa shape index (κ1) is 21.3. The second kappa shape index (κ2) is 10.9. The fourth-order valence-corrected chi connectivity index (χ4v) is 3.77. The van der Waals surface area contributed by atoms with Crippen LogP contribution in [-0.4, -0.2) is 5.78 Å². The Morgan fingerprint density at radius 3 is 1.12 bits per heavy atom. The summed E-state index contributed by atoms with van der Waals surface area (Å²) in [6, 6.07) is 40.7. The summed E-state index contributed by atoms with van der Waals surface area (Å²) in [6.07, 6.45) is 5.02. The van der Waals surface area contributed by atoms with Gasteiger partial charge in [0.25, 0.3) is 0 Å². The van der Waals surface area contributed by atoms with Gasteiger partial charge in [-0.1, -0.05) is 133 Å². The number of ketones is 1. The van der Waals surface area contributed by atoms with Crippen LogP contribution >= 0.6 is 0 Å². The molecule has 0 bridgehead atoms. The maximum Gasteiger partial charge on any atom is 0.141 e. The van der Waals surface area contributed by atoms with Crippen molar-refractivity contribution in [3.63, 3.8) is 0 Å². The van der Waals surface area contributed by atoms with E-state index in [4.69, 9.17) is 0 Å². The van der Waals surface area contributed by atoms with Gasteiger partial charge in [-0.15, -0.1) is 0 Å². The van der Waals surface area contributed by atoms with Crippen molar-refractivity contribution in [2.75, 3.05) is 0 Å². The van der Waals surface area contributed by atoms with Crippen LogP contribution in [0, 0.1) is 0 Å². The lowest BCUT2D eigenvalue weighted by molar-refractivity contribution is -0.117. The predicted molar refractivity (Wildman–Crippen MR) is 136 cm³/mol. The minimum atomic E-state index is 0.196. The smallest absolute Gasteiger partial charge is 0.141 e. The Hall–Kier alpha value is -3.97. The van der Waals surface area contributed by atoms with Gasteiger partial charge in [0, 0.05) is 12.8 Å². The quantitative estimate of drug-likeness (QED) is 0.269. The Kier molecular flexibility index (Phi) is 7.23. The van der Waals surface area contributed by atoms with Crippen LogP contribution in [0.2, 0.25) is 0 Å². The Labute approximate surface area is 190 Å². The molecule has 0 aromatic heterocycles. The average molecular weight is 415 g/mol. The van der Waals surface area contributed by atoms with Gasteiger partial charge in [-0.05, 0) is 33.4 Å². The van der Waals surface area contributed by atoms with Gasteiger partial charge in [0.1, 0.15) is 5.78 Å². The molecular formula is C31H26O. The van der Waals surface area contributed by atoms with Crippen molar-refractivity contribution >= 4 is 29.1 Å². The Morgan fingerprint density at radius 1 is 0.469 bits per heavy atom. The van der Waals surface area contributed by atoms with Gasteiger partial charge in [-0.2, -0.15) is 0 Å². The van der Waals surface area contributed by atoms with Crippen LogP contribution in [0.15, 0.2) is 121 Å². The maximum absolute atomic E-state index is 13.3. The van der Waals surface area contributed by atoms with Crippen LogP contribution in [0.25, 0.3) is 23.3 Å². The van der Waals surface area contributed by atoms with Crippen LogP contribution in [0.3, 0.4) is 0 Å². The molecule has 1 heteroatoms. The molecule has 0 radical (unpaired) electrons. The third-order valence-corrected chi connectivity index (χ3v) is 5.35. The van der Waals surface area contributed by atoms with E-state index in [1.807, 2.05) is 72.8 Å². The molecule has 4 rings (SSSR count). The molecule has 156 valence electrons. The van der Waals surface area contributed by atoms with Crippen LogP contribution in [0.4, 0.5) is 0 Å². The summed E-state index contributed by atoms with van der Waals surface area (Å²) < 4.78 is 0. The molecule has 4 aromatic rings. The van der Waals surface area contributed by atoms with Gasteiger partial charge in [-0.25, -0.2) is 0 Å². The Bertz CT molecular complexity index is 1090. The first-order chi connectivity index (χ1) is 15.8. The van der Waals surface area contributed by atoms with E-state index in [2.05, 4.69) is 60.7 Å². The van der Waals surface area contributed by atoms with E-state index >= 15 is 0 Å². The Balaban J connectivity index is 1.62. The van der Waals surface area contributed by atoms with E-state index in [1.54, 1.807) is 0 Å². The van der Waals surface area contributed by atoms with Gasteiger partial charge < -0.3 is 0 Å². The van der Waals surface area contributed by atoms with Crippen LogP contribution < -0.4 is 0 Å². The van der Waals surface area contributed by atoms with Crippen LogP contribution in [0.5, 0.6) is 0 Å². The van der Waals surface area contributed by atoms with Gasteiger partial charge in [0.2, 0.25) is 0 Å². The van der Waals surface area contributed by atoms with E-state index in [1.165, 1.54) is 0 Å². The zero-order valence-corrected chi connectivity index (χ0v) is 18.0. The molecule has 4 aromatic carbocycles. The average Bonchev–Trinajstić information content (AvgIpc) is 2.86. The molecule has 0 saturated carbocycles. The van der Waals surface area contributed by atoms with E-state index in [0.29, 0.717) is 12.8 Å². The van der Waals surface area contributed by atoms with Crippen molar-refractivity contribution < 1.29 is 4.79 Å². The minimum Gasteiger partial charge on any atom is -0.299 e. The molecule has 1 nitrogen and oxygen atoms in total. The van der Waals surface area contributed by atoms with Crippen molar-refractivity contribution in [1.82, 2.24) is 0 Å². The Morgan fingerprint density at radius 2 is 0.781 bits per heavy atom. The number of Topliss-reactive ketones (excluding diaryl/α,β-unsaturated/α-hetero) is 1. The molecule has 0 unspecified atom stereocenters. The summed E-state index contributed by atoms with van der Waals surface area (Å²) in [6.45, 7) is 0. The van der Waals surface area contributed by atoms with Crippen molar-refractivity contribution in [3.8, 4) is 0 Å². The lowest BCUT2D eigenvalue weighted by Gasteiger charge is -2.11. The van der Waals surface area contributed by atoms with Gasteiger partial charge in [-0.3, -0.25) is 4.79 Å². The number of carbonyl (C=O) groups is 1. The fraction of sp³-hybridized carbons (Fsp3) is 0.0645. The molecule has 0 atom stereocenters. The SMILES string of the molecule is O=C(CC(=Cc1ccccc1)c1ccccc1)CC(=Cc1ccccc1)c1ccccc1. The summed E-state index contributed by atoms with van der Waals surface area (Å²) in [7, 11) is 0. The number of allylic oxidation sites excluding steroid dienone is 2. The highest BCUT2D eigenvalue weighted by molar-refractivity contribution is 6.02. The number of rotatable bonds is 8. The lowest BCUT2D eigenvalue weighted by atomic mass is 9.92. The van der Waals surface area contributed by atoms with Gasteiger partial charge in [0.05, 0.1) is 0 Å². The molecular weight excluding hydrogens is 388 g/mol. The summed E-state index contributed by atoms with van der Waals surface area (Å²) in [5, 5.41) is 0. The van der Waals surface area contributed by atoms with Gasteiger partial charge in [0.15, 0.2) is 0 Å². The first-order valence-electron chi connectivity index (χ1n) is 10.9. The number of hydrogen-bond acceptors (Lipinski definition) is 1. The molecule has 0 amide bonds. The molecule has 0 aliphatic rings. The van der Waals surface area contributed by atoms with Gasteiger partial charge >= 0.3 is 0 Å². The number of hydrogen-bond donors (Lipinski definition) is 0. The van der Waals surface area contributed by atoms with E-state index < -0.39 is 0 Å². The molecule has 0 fully saturated rings. The van der Waals surface area contributed by atoms with Crippen molar-refractivity contribution in [2.45, 2.75) is 12.8 Å². The minimum absolute atomic E-state index is 0.196. The topological polar surface area (TPSA) is 17.1 Å². The second-order valence-corrected chi connectivity index (χ2v) is 7.78. The molecule has 0 aliphatic carbocycles. The highest BCUT2D eigenvalue weighted by Crippen LogP contribution is 2.27. The molecule has 0 saturated heterocycles. The van der Waals surface area contributed by atoms with E-state index in [9.17, 15) is 4.79 Å². The largest absolute Gasteiger partial charge is 0.299 e. The second-order valence-electron chi connectivity index (χ2n) is 7.78. The summed E-state index contributed by atoms with van der Waals surface area (Å²) in [5.41, 5.74) is 6.43. The van der Waals surface area contributed by atoms with E-state index in [-0.39, 0.29) is 5.78 Å². The standard InChI is InChI=1S/C31H26O/c32-31(23-29(27-17-9-3-10-18-27)21-25-13-5-1-6-14-25)24-30(28-19-11-4-12-20-28)22-26-15-7-2-8-16-26/h1-22H,23-24H2. The third kappa shape index (κ3) is 6.02. The first-order valence-corrected chi connectivity index (χ1v) is 10.9. The highest BCUT2D eigenvalue weighted by Gasteiger charge is 2.13. The normalized spacial score (nSPS) is 11.9. The highest BCUT2D eigenvalue weighted by atomic mass is 16.1. The lowest BCUT2D eigenvalue weighted by Crippen LogP contribution is -2.02. The third-order valence-electron chi connectivity index (χ3n) is 5.35. The molecule has 0 N–H and O–H groups in total. The van der Waals surface area contributed by atoms with E-state index in [0.717, 1.165) is 33.4 Å². The summed E-state index contributed by atoms with van der Waals surface area (Å²) in [5.74, 6) is 0.196. The van der Waals surface area contributed by atoms with Crippen LogP contribution in [0.1, 0.15) is 35.1 Å². The maximum atomic E-state index is 13.3. The fourth-order valence-electron chi connectivity index (χ4n) is 3.77. The molecule has 0 spiro atoms. The van der Waals surface area contributed by atoms with Crippen LogP contribution in [-0.2, 0) is 4.79 Å². The summed E-state index contributed by atoms with van der Waals surface area (Å²) >= 11 is 0. The molecule has 0 heterocycles. The zero-order chi connectivity index (χ0) is 22.0. The van der Waals surface area contributed by atoms with Crippen molar-refractivity contribution in [3.05, 3.63) is 144 Å².